The number of likely N-dealkylation sites (N-methyl/N-ethyl adjacent to an activating group) is 2. The summed E-state index contributed by atoms with van der Waals surface area (Å²) in [5, 5.41) is 6.45. The number of hydrogen-bond acceptors (Lipinski definition) is 5. The molecule has 0 fully saturated rings. The minimum Gasteiger partial charge on any atom is -0.497 e. The van der Waals surface area contributed by atoms with E-state index in [0.717, 1.165) is 42.6 Å². The van der Waals surface area contributed by atoms with E-state index in [1.807, 2.05) is 35.7 Å². The molecule has 1 aromatic heterocycles. The molecule has 0 atom stereocenters. The van der Waals surface area contributed by atoms with Crippen molar-refractivity contribution in [3.8, 4) is 5.75 Å². The Balaban J connectivity index is 1.93. The van der Waals surface area contributed by atoms with Crippen LogP contribution in [-0.4, -0.2) is 74.5 Å². The van der Waals surface area contributed by atoms with Crippen LogP contribution in [0.15, 0.2) is 40.8 Å². The standard InChI is InChI=1S/C20H29N5O2S/c1-24(2)19(26)15-23-20(25(3)13-10-18-21-12-14-28-18)22-11-9-16-5-7-17(27-4)8-6-16/h5-8,12,14H,9-11,13,15H2,1-4H3,(H,22,23). The highest BCUT2D eigenvalue weighted by Crippen LogP contribution is 2.11. The molecular weight excluding hydrogens is 374 g/mol. The maximum absolute atomic E-state index is 11.9. The van der Waals surface area contributed by atoms with Gasteiger partial charge in [0.25, 0.3) is 0 Å². The van der Waals surface area contributed by atoms with E-state index in [0.29, 0.717) is 0 Å². The molecule has 0 saturated heterocycles. The Morgan fingerprint density at radius 1 is 1.21 bits per heavy atom. The van der Waals surface area contributed by atoms with Crippen molar-refractivity contribution in [1.29, 1.82) is 0 Å². The second kappa shape index (κ2) is 11.3. The quantitative estimate of drug-likeness (QED) is 0.512. The van der Waals surface area contributed by atoms with Gasteiger partial charge in [-0.1, -0.05) is 12.1 Å². The molecule has 0 spiro atoms. The molecule has 0 bridgehead atoms. The summed E-state index contributed by atoms with van der Waals surface area (Å²) in [6, 6.07) is 8.03. The number of aromatic nitrogens is 1. The molecule has 0 aliphatic carbocycles. The monoisotopic (exact) mass is 403 g/mol. The molecule has 152 valence electrons. The first-order chi connectivity index (χ1) is 13.5. The first kappa shape index (κ1) is 21.7. The molecule has 0 unspecified atom stereocenters. The van der Waals surface area contributed by atoms with Crippen molar-refractivity contribution >= 4 is 23.2 Å². The molecule has 0 saturated carbocycles. The van der Waals surface area contributed by atoms with Gasteiger partial charge in [0.1, 0.15) is 12.3 Å². The number of ether oxygens (including phenoxy) is 1. The molecule has 1 heterocycles. The van der Waals surface area contributed by atoms with Crippen LogP contribution >= 0.6 is 11.3 Å². The number of carbonyl (C=O) groups is 1. The molecule has 1 amide bonds. The van der Waals surface area contributed by atoms with E-state index in [-0.39, 0.29) is 12.5 Å². The van der Waals surface area contributed by atoms with Gasteiger partial charge in [0.05, 0.1) is 12.1 Å². The third-order valence-corrected chi connectivity index (χ3v) is 5.06. The first-order valence-corrected chi connectivity index (χ1v) is 10.1. The lowest BCUT2D eigenvalue weighted by Gasteiger charge is -2.22. The number of hydrogen-bond donors (Lipinski definition) is 1. The lowest BCUT2D eigenvalue weighted by atomic mass is 10.1. The summed E-state index contributed by atoms with van der Waals surface area (Å²) in [7, 11) is 7.12. The van der Waals surface area contributed by atoms with Gasteiger partial charge in [0.15, 0.2) is 5.96 Å². The van der Waals surface area contributed by atoms with Gasteiger partial charge in [0, 0.05) is 52.2 Å². The molecule has 1 N–H and O–H groups in total. The lowest BCUT2D eigenvalue weighted by Crippen LogP contribution is -2.41. The van der Waals surface area contributed by atoms with Crippen LogP contribution in [0.4, 0.5) is 0 Å². The third-order valence-electron chi connectivity index (χ3n) is 4.22. The number of benzene rings is 1. The van der Waals surface area contributed by atoms with E-state index >= 15 is 0 Å². The van der Waals surface area contributed by atoms with Crippen molar-refractivity contribution in [1.82, 2.24) is 20.1 Å². The van der Waals surface area contributed by atoms with E-state index in [4.69, 9.17) is 4.74 Å². The van der Waals surface area contributed by atoms with Crippen LogP contribution < -0.4 is 10.1 Å². The van der Waals surface area contributed by atoms with E-state index in [9.17, 15) is 4.79 Å². The number of carbonyl (C=O) groups excluding carboxylic acids is 1. The molecular formula is C20H29N5O2S. The van der Waals surface area contributed by atoms with Gasteiger partial charge in [-0.15, -0.1) is 11.3 Å². The number of nitrogens with one attached hydrogen (secondary N) is 1. The Hall–Kier alpha value is -2.61. The van der Waals surface area contributed by atoms with E-state index < -0.39 is 0 Å². The van der Waals surface area contributed by atoms with Crippen LogP contribution in [0.25, 0.3) is 0 Å². The number of amides is 1. The van der Waals surface area contributed by atoms with E-state index in [1.54, 1.807) is 37.4 Å². The Morgan fingerprint density at radius 2 is 1.96 bits per heavy atom. The predicted octanol–water partition coefficient (Wildman–Crippen LogP) is 1.90. The fourth-order valence-corrected chi connectivity index (χ4v) is 3.06. The average Bonchev–Trinajstić information content (AvgIpc) is 3.22. The highest BCUT2D eigenvalue weighted by atomic mass is 32.1. The van der Waals surface area contributed by atoms with Gasteiger partial charge >= 0.3 is 0 Å². The third kappa shape index (κ3) is 7.19. The minimum absolute atomic E-state index is 0.0252. The summed E-state index contributed by atoms with van der Waals surface area (Å²) in [6.07, 6.45) is 3.51. The molecule has 0 aliphatic rings. The molecule has 2 rings (SSSR count). The van der Waals surface area contributed by atoms with Crippen LogP contribution in [0, 0.1) is 0 Å². The molecule has 0 aliphatic heterocycles. The van der Waals surface area contributed by atoms with Crippen LogP contribution in [-0.2, 0) is 17.6 Å². The second-order valence-electron chi connectivity index (χ2n) is 6.55. The summed E-state index contributed by atoms with van der Waals surface area (Å²) in [4.78, 5) is 24.3. The summed E-state index contributed by atoms with van der Waals surface area (Å²) in [6.45, 7) is 1.63. The summed E-state index contributed by atoms with van der Waals surface area (Å²) in [5.74, 6) is 1.55. The first-order valence-electron chi connectivity index (χ1n) is 9.20. The van der Waals surface area contributed by atoms with E-state index in [2.05, 4.69) is 27.4 Å². The highest BCUT2D eigenvalue weighted by Gasteiger charge is 2.10. The maximum atomic E-state index is 11.9. The molecule has 2 aromatic rings. The van der Waals surface area contributed by atoms with Crippen molar-refractivity contribution in [3.63, 3.8) is 0 Å². The van der Waals surface area contributed by atoms with Crippen LogP contribution in [0.1, 0.15) is 10.6 Å². The Kier molecular flexibility index (Phi) is 8.74. The number of nitrogens with zero attached hydrogens (tertiary/aromatic N) is 4. The zero-order valence-electron chi connectivity index (χ0n) is 17.0. The lowest BCUT2D eigenvalue weighted by molar-refractivity contribution is -0.127. The van der Waals surface area contributed by atoms with Gasteiger partial charge < -0.3 is 19.9 Å². The molecule has 8 heteroatoms. The van der Waals surface area contributed by atoms with Gasteiger partial charge in [-0.25, -0.2) is 9.98 Å². The van der Waals surface area contributed by atoms with Crippen LogP contribution in [0.3, 0.4) is 0 Å². The number of aliphatic imine (C=N–C) groups is 1. The highest BCUT2D eigenvalue weighted by molar-refractivity contribution is 7.09. The van der Waals surface area contributed by atoms with Crippen LogP contribution in [0.2, 0.25) is 0 Å². The van der Waals surface area contributed by atoms with Crippen molar-refractivity contribution < 1.29 is 9.53 Å². The Bertz CT molecular complexity index is 744. The van der Waals surface area contributed by atoms with Gasteiger partial charge in [-0.05, 0) is 24.1 Å². The van der Waals surface area contributed by atoms with Crippen molar-refractivity contribution in [2.45, 2.75) is 12.8 Å². The smallest absolute Gasteiger partial charge is 0.243 e. The molecule has 7 nitrogen and oxygen atoms in total. The fourth-order valence-electron chi connectivity index (χ4n) is 2.45. The average molecular weight is 404 g/mol. The minimum atomic E-state index is -0.0252. The molecule has 1 aromatic carbocycles. The van der Waals surface area contributed by atoms with Gasteiger partial charge in [-0.3, -0.25) is 4.79 Å². The second-order valence-corrected chi connectivity index (χ2v) is 7.53. The van der Waals surface area contributed by atoms with Gasteiger partial charge in [0.2, 0.25) is 5.91 Å². The van der Waals surface area contributed by atoms with Crippen molar-refractivity contribution in [2.24, 2.45) is 4.99 Å². The zero-order chi connectivity index (χ0) is 20.4. The van der Waals surface area contributed by atoms with Gasteiger partial charge in [-0.2, -0.15) is 0 Å². The number of rotatable bonds is 9. The zero-order valence-corrected chi connectivity index (χ0v) is 17.8. The largest absolute Gasteiger partial charge is 0.497 e. The summed E-state index contributed by atoms with van der Waals surface area (Å²) >= 11 is 1.65. The Morgan fingerprint density at radius 3 is 2.57 bits per heavy atom. The van der Waals surface area contributed by atoms with Crippen molar-refractivity contribution in [3.05, 3.63) is 46.4 Å². The predicted molar refractivity (Wildman–Crippen MR) is 114 cm³/mol. The van der Waals surface area contributed by atoms with E-state index in [1.165, 1.54) is 5.56 Å². The maximum Gasteiger partial charge on any atom is 0.243 e. The number of thiazole rings is 1. The van der Waals surface area contributed by atoms with Crippen molar-refractivity contribution in [2.75, 3.05) is 47.9 Å². The SMILES string of the molecule is COc1ccc(CCNC(=NCC(=O)N(C)C)N(C)CCc2nccs2)cc1. The molecule has 0 radical (unpaired) electrons. The Labute approximate surface area is 171 Å². The normalized spacial score (nSPS) is 11.2. The number of guanidine groups is 1. The topological polar surface area (TPSA) is 70.1 Å². The van der Waals surface area contributed by atoms with Crippen LogP contribution in [0.5, 0.6) is 5.75 Å². The summed E-state index contributed by atoms with van der Waals surface area (Å²) in [5.41, 5.74) is 1.21. The molecule has 28 heavy (non-hydrogen) atoms. The fraction of sp³-hybridized carbons (Fsp3) is 0.450. The number of methoxy groups -OCH3 is 1. The summed E-state index contributed by atoms with van der Waals surface area (Å²) < 4.78 is 5.19.